The average molecular weight is 833 g/mol. The van der Waals surface area contributed by atoms with E-state index in [1.165, 1.54) is 112 Å². The predicted molar refractivity (Wildman–Crippen MR) is 270 cm³/mol. The number of thiophene rings is 2. The molecule has 6 heterocycles. The second-order valence-corrected chi connectivity index (χ2v) is 21.8. The molecule has 296 valence electrons. The van der Waals surface area contributed by atoms with Crippen LogP contribution in [-0.2, 0) is 10.8 Å². The van der Waals surface area contributed by atoms with Crippen molar-refractivity contribution >= 4 is 136 Å². The molecule has 62 heavy (non-hydrogen) atoms. The fraction of sp³-hybridized carbons (Fsp3) is 0.143. The minimum atomic E-state index is -0.152. The number of nitrogens with zero attached hydrogens (tertiary/aromatic N) is 2. The molecule has 0 unspecified atom stereocenters. The van der Waals surface area contributed by atoms with Crippen molar-refractivity contribution in [3.05, 3.63) is 151 Å². The Bertz CT molecular complexity index is 3980. The van der Waals surface area contributed by atoms with Crippen molar-refractivity contribution in [2.45, 2.75) is 52.4 Å². The van der Waals surface area contributed by atoms with E-state index in [-0.39, 0.29) is 17.7 Å². The maximum absolute atomic E-state index is 7.21. The van der Waals surface area contributed by atoms with E-state index in [4.69, 9.17) is 4.42 Å². The van der Waals surface area contributed by atoms with Crippen LogP contribution in [0.3, 0.4) is 0 Å². The van der Waals surface area contributed by atoms with Crippen LogP contribution in [0.5, 0.6) is 0 Å². The van der Waals surface area contributed by atoms with Gasteiger partial charge in [0.2, 0.25) is 0 Å². The standard InChI is InChI=1S/C56H41BN2OS2/c1-55(2,3)30-22-23-39-35(26-30)36-27-31(56(4,5)6)28-38-53(36)58(39)42-29-37-32-14-7-10-18-43(32)60-54(37)51-50-41(24-25-47-49(50)34-16-9-12-20-45(34)62-47)59(57(38)52(42)51)40-17-13-21-46-48(40)33-15-8-11-19-44(33)61-46/h7-29H,1-6H3. The van der Waals surface area contributed by atoms with Gasteiger partial charge in [0.15, 0.2) is 0 Å². The summed E-state index contributed by atoms with van der Waals surface area (Å²) in [5.41, 5.74) is 15.8. The maximum Gasteiger partial charge on any atom is 0.333 e. The number of hydrogen-bond acceptors (Lipinski definition) is 4. The lowest BCUT2D eigenvalue weighted by Crippen LogP contribution is -2.61. The molecule has 0 bridgehead atoms. The highest BCUT2D eigenvalue weighted by Gasteiger charge is 2.47. The molecule has 0 N–H and O–H groups in total. The summed E-state index contributed by atoms with van der Waals surface area (Å²) >= 11 is 3.78. The molecule has 0 spiro atoms. The van der Waals surface area contributed by atoms with E-state index >= 15 is 0 Å². The summed E-state index contributed by atoms with van der Waals surface area (Å²) in [4.78, 5) is 2.74. The number of aromatic nitrogens is 1. The van der Waals surface area contributed by atoms with Gasteiger partial charge in [0.1, 0.15) is 11.2 Å². The minimum absolute atomic E-state index is 0.000771. The van der Waals surface area contributed by atoms with Crippen molar-refractivity contribution in [2.24, 2.45) is 0 Å². The largest absolute Gasteiger partial charge is 0.455 e. The predicted octanol–water partition coefficient (Wildman–Crippen LogP) is 15.3. The number of furan rings is 1. The van der Waals surface area contributed by atoms with Gasteiger partial charge in [-0.25, -0.2) is 0 Å². The monoisotopic (exact) mass is 832 g/mol. The van der Waals surface area contributed by atoms with E-state index < -0.39 is 0 Å². The fourth-order valence-electron chi connectivity index (χ4n) is 11.2. The van der Waals surface area contributed by atoms with E-state index in [0.717, 1.165) is 21.9 Å². The third kappa shape index (κ3) is 4.46. The van der Waals surface area contributed by atoms with Gasteiger partial charge >= 0.3 is 6.85 Å². The summed E-state index contributed by atoms with van der Waals surface area (Å²) in [6, 6.07) is 53.2. The fourth-order valence-corrected chi connectivity index (χ4v) is 13.4. The third-order valence-corrected chi connectivity index (χ3v) is 16.3. The molecule has 6 heteroatoms. The van der Waals surface area contributed by atoms with Crippen LogP contribution in [-0.4, -0.2) is 11.4 Å². The van der Waals surface area contributed by atoms with Gasteiger partial charge in [-0.05, 0) is 99.6 Å². The van der Waals surface area contributed by atoms with Gasteiger partial charge < -0.3 is 13.8 Å². The molecule has 8 aromatic carbocycles. The zero-order valence-corrected chi connectivity index (χ0v) is 37.1. The van der Waals surface area contributed by atoms with Crippen LogP contribution >= 0.6 is 22.7 Å². The second-order valence-electron chi connectivity index (χ2n) is 19.6. The minimum Gasteiger partial charge on any atom is -0.455 e. The summed E-state index contributed by atoms with van der Waals surface area (Å²) < 4.78 is 15.1. The number of fused-ring (bicyclic) bond motifs is 18. The Balaban J connectivity index is 1.26. The van der Waals surface area contributed by atoms with Crippen molar-refractivity contribution < 1.29 is 4.42 Å². The van der Waals surface area contributed by atoms with Crippen molar-refractivity contribution in [3.63, 3.8) is 0 Å². The van der Waals surface area contributed by atoms with Crippen molar-refractivity contribution in [1.82, 2.24) is 4.57 Å². The van der Waals surface area contributed by atoms with Crippen LogP contribution in [0.15, 0.2) is 144 Å². The van der Waals surface area contributed by atoms with Gasteiger partial charge in [0.05, 0.1) is 11.0 Å². The highest BCUT2D eigenvalue weighted by molar-refractivity contribution is 7.26. The quantitative estimate of drug-likeness (QED) is 0.154. The summed E-state index contributed by atoms with van der Waals surface area (Å²) in [5, 5.41) is 10.1. The Hall–Kier alpha value is -6.34. The Labute approximate surface area is 367 Å². The first-order valence-corrected chi connectivity index (χ1v) is 23.4. The van der Waals surface area contributed by atoms with Gasteiger partial charge in [-0.15, -0.1) is 22.7 Å². The highest BCUT2D eigenvalue weighted by Crippen LogP contribution is 2.55. The van der Waals surface area contributed by atoms with Crippen LogP contribution in [0, 0.1) is 0 Å². The van der Waals surface area contributed by atoms with Crippen LogP contribution in [0.4, 0.5) is 11.4 Å². The van der Waals surface area contributed by atoms with E-state index in [2.05, 4.69) is 190 Å². The molecule has 2 aliphatic heterocycles. The van der Waals surface area contributed by atoms with Crippen molar-refractivity contribution in [3.8, 4) is 16.8 Å². The lowest BCUT2D eigenvalue weighted by molar-refractivity contribution is 0.590. The van der Waals surface area contributed by atoms with Crippen molar-refractivity contribution in [2.75, 3.05) is 4.81 Å². The number of benzene rings is 8. The van der Waals surface area contributed by atoms with Gasteiger partial charge in [-0.2, -0.15) is 0 Å². The normalized spacial score (nSPS) is 13.9. The molecular formula is C56H41BN2OS2. The van der Waals surface area contributed by atoms with E-state index in [1.807, 2.05) is 22.7 Å². The number of rotatable bonds is 1. The van der Waals surface area contributed by atoms with Gasteiger partial charge in [-0.1, -0.05) is 114 Å². The lowest BCUT2D eigenvalue weighted by atomic mass is 9.43. The first-order chi connectivity index (χ1) is 30.0. The first-order valence-electron chi connectivity index (χ1n) is 21.8. The zero-order valence-electron chi connectivity index (χ0n) is 35.5. The third-order valence-electron chi connectivity index (χ3n) is 14.0. The summed E-state index contributed by atoms with van der Waals surface area (Å²) in [6.07, 6.45) is 0. The molecule has 2 aliphatic rings. The molecule has 0 radical (unpaired) electrons. The summed E-state index contributed by atoms with van der Waals surface area (Å²) in [7, 11) is 0. The van der Waals surface area contributed by atoms with E-state index in [0.29, 0.717) is 0 Å². The van der Waals surface area contributed by atoms with Crippen molar-refractivity contribution in [1.29, 1.82) is 0 Å². The molecule has 0 aliphatic carbocycles. The molecule has 12 aromatic rings. The maximum atomic E-state index is 7.21. The molecule has 0 saturated carbocycles. The zero-order chi connectivity index (χ0) is 41.6. The Morgan fingerprint density at radius 1 is 0.484 bits per heavy atom. The SMILES string of the molecule is CC(C)(C)c1ccc2c(c1)c1cc(C(C)(C)C)cc3c1n2-c1cc2c(oc4ccccc42)c2c1B3N(c1cccc3sc4ccccc4c13)c1ccc3sc4ccccc4c3c1-2. The highest BCUT2D eigenvalue weighted by atomic mass is 32.1. The van der Waals surface area contributed by atoms with E-state index in [9.17, 15) is 0 Å². The Morgan fingerprint density at radius 2 is 1.15 bits per heavy atom. The Morgan fingerprint density at radius 3 is 1.90 bits per heavy atom. The Kier molecular flexibility index (Phi) is 6.70. The van der Waals surface area contributed by atoms with Crippen LogP contribution < -0.4 is 15.7 Å². The molecule has 4 aromatic heterocycles. The van der Waals surface area contributed by atoms with Gasteiger partial charge in [0.25, 0.3) is 0 Å². The van der Waals surface area contributed by atoms with Gasteiger partial charge in [-0.3, -0.25) is 0 Å². The molecule has 0 amide bonds. The summed E-state index contributed by atoms with van der Waals surface area (Å²) in [5.74, 6) is 0. The molecular weight excluding hydrogens is 792 g/mol. The van der Waals surface area contributed by atoms with Crippen LogP contribution in [0.1, 0.15) is 52.7 Å². The molecule has 3 nitrogen and oxygen atoms in total. The second kappa shape index (κ2) is 11.8. The molecule has 0 atom stereocenters. The number of hydrogen-bond donors (Lipinski definition) is 0. The first kappa shape index (κ1) is 35.3. The number of anilines is 2. The van der Waals surface area contributed by atoms with Crippen LogP contribution in [0.2, 0.25) is 0 Å². The molecule has 14 rings (SSSR count). The lowest BCUT2D eigenvalue weighted by Gasteiger charge is -2.43. The smallest absolute Gasteiger partial charge is 0.333 e. The molecule has 0 fully saturated rings. The average Bonchev–Trinajstić information content (AvgIpc) is 4.03. The number of para-hydroxylation sites is 1. The topological polar surface area (TPSA) is 21.3 Å². The van der Waals surface area contributed by atoms with E-state index in [1.54, 1.807) is 0 Å². The van der Waals surface area contributed by atoms with Gasteiger partial charge in [0, 0.05) is 90.1 Å². The summed E-state index contributed by atoms with van der Waals surface area (Å²) in [6.45, 7) is 13.9. The van der Waals surface area contributed by atoms with Crippen LogP contribution in [0.25, 0.3) is 101 Å². The molecule has 0 saturated heterocycles.